The number of benzene rings is 2. The molecule has 0 spiro atoms. The number of halogens is 1. The molecule has 0 saturated heterocycles. The van der Waals surface area contributed by atoms with E-state index in [2.05, 4.69) is 20.9 Å². The van der Waals surface area contributed by atoms with Gasteiger partial charge in [-0.25, -0.2) is 0 Å². The maximum absolute atomic E-state index is 13.9. The Morgan fingerprint density at radius 2 is 1.77 bits per heavy atom. The van der Waals surface area contributed by atoms with Gasteiger partial charge in [0.2, 0.25) is 11.4 Å². The fraction of sp³-hybridized carbons (Fsp3) is 0.174. The van der Waals surface area contributed by atoms with Crippen molar-refractivity contribution >= 4 is 27.7 Å². The monoisotopic (exact) mass is 465 g/mol. The number of carboxylic acids is 1. The number of rotatable bonds is 3. The van der Waals surface area contributed by atoms with Gasteiger partial charge in [0.15, 0.2) is 5.60 Å². The highest BCUT2D eigenvalue weighted by atomic mass is 79.9. The number of ether oxygens (including phenoxy) is 1. The van der Waals surface area contributed by atoms with Gasteiger partial charge in [-0.3, -0.25) is 14.6 Å². The van der Waals surface area contributed by atoms with Gasteiger partial charge >= 0.3 is 5.97 Å². The summed E-state index contributed by atoms with van der Waals surface area (Å²) in [6.45, 7) is 0. The van der Waals surface area contributed by atoms with E-state index in [1.807, 2.05) is 6.07 Å². The molecule has 2 bridgehead atoms. The molecule has 4 atom stereocenters. The smallest absolute Gasteiger partial charge is 0.311 e. The Hall–Kier alpha value is -3.03. The maximum Gasteiger partial charge on any atom is 0.311 e. The number of aromatic nitrogens is 1. The summed E-state index contributed by atoms with van der Waals surface area (Å²) < 4.78 is 7.11. The second-order valence-corrected chi connectivity index (χ2v) is 8.43. The molecule has 1 aliphatic heterocycles. The van der Waals surface area contributed by atoms with E-state index in [1.165, 1.54) is 18.5 Å². The minimum absolute atomic E-state index is 0.126. The predicted molar refractivity (Wildman–Crippen MR) is 110 cm³/mol. The van der Waals surface area contributed by atoms with E-state index in [1.54, 1.807) is 48.5 Å². The first-order chi connectivity index (χ1) is 14.4. The van der Waals surface area contributed by atoms with E-state index < -0.39 is 34.8 Å². The molecule has 1 fully saturated rings. The van der Waals surface area contributed by atoms with Crippen LogP contribution in [0.2, 0.25) is 0 Å². The van der Waals surface area contributed by atoms with Crippen LogP contribution in [-0.2, 0) is 20.8 Å². The maximum atomic E-state index is 13.9. The van der Waals surface area contributed by atoms with Crippen LogP contribution in [0.4, 0.5) is 0 Å². The summed E-state index contributed by atoms with van der Waals surface area (Å²) in [7, 11) is 0. The number of fused-ring (bicyclic) bond motifs is 4. The molecular formula is C23H16BrNO5. The number of aliphatic hydroxyl groups is 1. The van der Waals surface area contributed by atoms with Crippen LogP contribution >= 0.6 is 15.9 Å². The molecule has 2 heterocycles. The molecule has 2 aliphatic rings. The second-order valence-electron chi connectivity index (χ2n) is 7.52. The lowest BCUT2D eigenvalue weighted by atomic mass is 9.75. The third-order valence-electron chi connectivity index (χ3n) is 6.07. The predicted octanol–water partition coefficient (Wildman–Crippen LogP) is 3.39. The number of carbonyl (C=O) groups excluding carboxylic acids is 1. The third kappa shape index (κ3) is 2.30. The SMILES string of the molecule is O=C(O)[C@H]1[C@@H](c2ccccc2)[C@@]2(c3ccc(Br)cc3)Oc3cnccc3[C@@]1(O)C2=O. The number of carbonyl (C=O) groups is 2. The molecule has 5 rings (SSSR count). The van der Waals surface area contributed by atoms with Gasteiger partial charge in [-0.05, 0) is 23.8 Å². The number of hydrogen-bond donors (Lipinski definition) is 2. The highest BCUT2D eigenvalue weighted by molar-refractivity contribution is 9.10. The van der Waals surface area contributed by atoms with E-state index in [0.717, 1.165) is 4.47 Å². The molecule has 3 aromatic rings. The number of carboxylic acid groups (broad SMARTS) is 1. The molecule has 0 unspecified atom stereocenters. The molecular weight excluding hydrogens is 450 g/mol. The van der Waals surface area contributed by atoms with Crippen LogP contribution < -0.4 is 4.74 Å². The van der Waals surface area contributed by atoms with Crippen molar-refractivity contribution in [3.05, 3.63) is 94.2 Å². The summed E-state index contributed by atoms with van der Waals surface area (Å²) in [5.41, 5.74) is -2.77. The van der Waals surface area contributed by atoms with Gasteiger partial charge in [-0.2, -0.15) is 0 Å². The van der Waals surface area contributed by atoms with Gasteiger partial charge in [-0.1, -0.05) is 58.4 Å². The van der Waals surface area contributed by atoms with E-state index in [-0.39, 0.29) is 11.3 Å². The fourth-order valence-corrected chi connectivity index (χ4v) is 5.13. The quantitative estimate of drug-likeness (QED) is 0.615. The molecule has 150 valence electrons. The van der Waals surface area contributed by atoms with Crippen LogP contribution in [0.25, 0.3) is 0 Å². The van der Waals surface area contributed by atoms with Gasteiger partial charge in [-0.15, -0.1) is 0 Å². The van der Waals surface area contributed by atoms with Crippen molar-refractivity contribution in [1.82, 2.24) is 4.98 Å². The number of hydrogen-bond acceptors (Lipinski definition) is 5. The topological polar surface area (TPSA) is 96.7 Å². The van der Waals surface area contributed by atoms with E-state index in [0.29, 0.717) is 11.1 Å². The van der Waals surface area contributed by atoms with Crippen LogP contribution in [0, 0.1) is 5.92 Å². The van der Waals surface area contributed by atoms with Crippen molar-refractivity contribution in [3.63, 3.8) is 0 Å². The van der Waals surface area contributed by atoms with Crippen molar-refractivity contribution in [2.24, 2.45) is 5.92 Å². The van der Waals surface area contributed by atoms with Gasteiger partial charge in [0.25, 0.3) is 0 Å². The second kappa shape index (κ2) is 6.48. The lowest BCUT2D eigenvalue weighted by molar-refractivity contribution is -0.160. The van der Waals surface area contributed by atoms with Crippen molar-refractivity contribution in [3.8, 4) is 5.75 Å². The zero-order valence-electron chi connectivity index (χ0n) is 15.5. The zero-order chi connectivity index (χ0) is 21.1. The minimum Gasteiger partial charge on any atom is -0.481 e. The number of ketones is 1. The van der Waals surface area contributed by atoms with Crippen LogP contribution in [0.3, 0.4) is 0 Å². The third-order valence-corrected chi connectivity index (χ3v) is 6.60. The summed E-state index contributed by atoms with van der Waals surface area (Å²) in [5, 5.41) is 22.0. The van der Waals surface area contributed by atoms with Crippen LogP contribution in [0.15, 0.2) is 77.5 Å². The first-order valence-corrected chi connectivity index (χ1v) is 10.1. The normalized spacial score (nSPS) is 29.2. The van der Waals surface area contributed by atoms with Crippen LogP contribution in [0.1, 0.15) is 22.6 Å². The van der Waals surface area contributed by atoms with Crippen molar-refractivity contribution in [1.29, 1.82) is 0 Å². The Morgan fingerprint density at radius 1 is 1.07 bits per heavy atom. The molecule has 7 heteroatoms. The summed E-state index contributed by atoms with van der Waals surface area (Å²) in [4.78, 5) is 30.5. The highest BCUT2D eigenvalue weighted by Gasteiger charge is 2.76. The molecule has 1 aromatic heterocycles. The summed E-state index contributed by atoms with van der Waals surface area (Å²) in [6, 6.07) is 17.3. The average Bonchev–Trinajstić information content (AvgIpc) is 2.88. The summed E-state index contributed by atoms with van der Waals surface area (Å²) in [5.74, 6) is -4.15. The lowest BCUT2D eigenvalue weighted by Crippen LogP contribution is -2.51. The van der Waals surface area contributed by atoms with Crippen molar-refractivity contribution < 1.29 is 24.5 Å². The van der Waals surface area contributed by atoms with Gasteiger partial charge in [0.1, 0.15) is 11.7 Å². The molecule has 1 saturated carbocycles. The Labute approximate surface area is 180 Å². The minimum atomic E-state index is -2.25. The largest absolute Gasteiger partial charge is 0.481 e. The van der Waals surface area contributed by atoms with E-state index in [4.69, 9.17) is 4.74 Å². The van der Waals surface area contributed by atoms with Crippen molar-refractivity contribution in [2.45, 2.75) is 17.1 Å². The number of pyridine rings is 1. The van der Waals surface area contributed by atoms with Crippen LogP contribution in [-0.4, -0.2) is 26.9 Å². The van der Waals surface area contributed by atoms with Crippen LogP contribution in [0.5, 0.6) is 5.75 Å². The summed E-state index contributed by atoms with van der Waals surface area (Å²) in [6.07, 6.45) is 2.82. The van der Waals surface area contributed by atoms with E-state index >= 15 is 0 Å². The highest BCUT2D eigenvalue weighted by Crippen LogP contribution is 2.64. The Kier molecular flexibility index (Phi) is 4.10. The molecule has 0 radical (unpaired) electrons. The van der Waals surface area contributed by atoms with Gasteiger partial charge in [0, 0.05) is 21.8 Å². The number of Topliss-reactive ketones (excluding diaryl/α,β-unsaturated/α-hetero) is 1. The molecule has 30 heavy (non-hydrogen) atoms. The fourth-order valence-electron chi connectivity index (χ4n) is 4.87. The lowest BCUT2D eigenvalue weighted by Gasteiger charge is -2.39. The van der Waals surface area contributed by atoms with Gasteiger partial charge < -0.3 is 14.9 Å². The Morgan fingerprint density at radius 3 is 2.43 bits per heavy atom. The zero-order valence-corrected chi connectivity index (χ0v) is 17.1. The Bertz CT molecular complexity index is 1170. The number of nitrogens with zero attached hydrogens (tertiary/aromatic N) is 1. The number of aliphatic carboxylic acids is 1. The van der Waals surface area contributed by atoms with Crippen molar-refractivity contribution in [2.75, 3.05) is 0 Å². The van der Waals surface area contributed by atoms with E-state index in [9.17, 15) is 19.8 Å². The molecule has 1 aliphatic carbocycles. The standard InChI is InChI=1S/C23H16BrNO5/c24-15-8-6-14(7-9-15)23-18(13-4-2-1-3-5-13)19(20(26)27)22(29,21(23)28)16-10-11-25-12-17(16)30-23/h1-12,18-19,29H,(H,26,27)/t18-,19-,22+,23-/m1/s1. The molecule has 0 amide bonds. The average molecular weight is 466 g/mol. The van der Waals surface area contributed by atoms with Gasteiger partial charge in [0.05, 0.1) is 12.1 Å². The first-order valence-electron chi connectivity index (χ1n) is 9.35. The first kappa shape index (κ1) is 19.0. The molecule has 2 aromatic carbocycles. The summed E-state index contributed by atoms with van der Waals surface area (Å²) >= 11 is 3.39. The Balaban J connectivity index is 1.89. The molecule has 6 nitrogen and oxygen atoms in total. The molecule has 2 N–H and O–H groups in total.